The third kappa shape index (κ3) is 3.49. The smallest absolute Gasteiger partial charge is 0.307 e. The normalized spacial score (nSPS) is 30.5. The summed E-state index contributed by atoms with van der Waals surface area (Å²) in [5.74, 6) is 0.658. The van der Waals surface area contributed by atoms with Gasteiger partial charge in [-0.1, -0.05) is 13.8 Å². The van der Waals surface area contributed by atoms with Crippen LogP contribution in [0.4, 0.5) is 0 Å². The minimum absolute atomic E-state index is 0.0143. The van der Waals surface area contributed by atoms with Crippen molar-refractivity contribution in [3.63, 3.8) is 0 Å². The van der Waals surface area contributed by atoms with Crippen molar-refractivity contribution in [1.29, 1.82) is 0 Å². The first-order chi connectivity index (χ1) is 7.12. The Morgan fingerprint density at radius 1 is 1.53 bits per heavy atom. The molecule has 1 fully saturated rings. The van der Waals surface area contributed by atoms with E-state index in [-0.39, 0.29) is 11.5 Å². The van der Waals surface area contributed by atoms with Gasteiger partial charge in [-0.3, -0.25) is 4.79 Å². The van der Waals surface area contributed by atoms with Crippen molar-refractivity contribution in [2.75, 3.05) is 13.2 Å². The first-order valence-electron chi connectivity index (χ1n) is 6.02. The second kappa shape index (κ2) is 5.50. The monoisotopic (exact) mass is 213 g/mol. The van der Waals surface area contributed by atoms with Gasteiger partial charge in [0.05, 0.1) is 13.0 Å². The number of carbonyl (C=O) groups excluding carboxylic acids is 1. The molecule has 1 N–H and O–H groups in total. The Hall–Kier alpha value is -0.570. The number of esters is 1. The molecule has 0 aliphatic heterocycles. The summed E-state index contributed by atoms with van der Waals surface area (Å²) in [6, 6.07) is 0. The lowest BCUT2D eigenvalue weighted by atomic mass is 9.92. The summed E-state index contributed by atoms with van der Waals surface area (Å²) in [7, 11) is 0. The van der Waals surface area contributed by atoms with Crippen LogP contribution in [0, 0.1) is 5.92 Å². The molecule has 0 amide bonds. The fourth-order valence-electron chi connectivity index (χ4n) is 2.64. The molecule has 0 radical (unpaired) electrons. The van der Waals surface area contributed by atoms with E-state index >= 15 is 0 Å². The quantitative estimate of drug-likeness (QED) is 0.711. The molecule has 0 saturated heterocycles. The van der Waals surface area contributed by atoms with Crippen molar-refractivity contribution in [3.8, 4) is 0 Å². The van der Waals surface area contributed by atoms with Crippen LogP contribution in [-0.2, 0) is 9.53 Å². The lowest BCUT2D eigenvalue weighted by Gasteiger charge is -2.29. The molecule has 15 heavy (non-hydrogen) atoms. The molecule has 3 heteroatoms. The number of carbonyl (C=O) groups is 1. The molecular weight excluding hydrogens is 190 g/mol. The lowest BCUT2D eigenvalue weighted by Crippen LogP contribution is -2.45. The average Bonchev–Trinajstić information content (AvgIpc) is 2.48. The van der Waals surface area contributed by atoms with Crippen molar-refractivity contribution in [3.05, 3.63) is 0 Å². The number of rotatable bonds is 5. The SMILES string of the molecule is CCNC1(CC(=O)OCC)CCC(C)C1. The van der Waals surface area contributed by atoms with Gasteiger partial charge in [0.2, 0.25) is 0 Å². The van der Waals surface area contributed by atoms with E-state index in [9.17, 15) is 4.79 Å². The Labute approximate surface area is 92.6 Å². The molecule has 2 unspecified atom stereocenters. The predicted molar refractivity (Wildman–Crippen MR) is 60.7 cm³/mol. The maximum Gasteiger partial charge on any atom is 0.307 e. The molecule has 1 rings (SSSR count). The van der Waals surface area contributed by atoms with Crippen LogP contribution < -0.4 is 5.32 Å². The molecule has 2 atom stereocenters. The van der Waals surface area contributed by atoms with Crippen LogP contribution in [0.2, 0.25) is 0 Å². The molecule has 0 aromatic rings. The molecule has 1 saturated carbocycles. The number of hydrogen-bond acceptors (Lipinski definition) is 3. The second-order valence-corrected chi connectivity index (χ2v) is 4.64. The molecule has 3 nitrogen and oxygen atoms in total. The maximum atomic E-state index is 11.5. The molecule has 0 bridgehead atoms. The summed E-state index contributed by atoms with van der Waals surface area (Å²) >= 11 is 0. The van der Waals surface area contributed by atoms with Crippen LogP contribution >= 0.6 is 0 Å². The van der Waals surface area contributed by atoms with Crippen LogP contribution in [0.15, 0.2) is 0 Å². The molecule has 0 heterocycles. The van der Waals surface area contributed by atoms with Crippen molar-refractivity contribution in [2.45, 2.75) is 52.0 Å². The fraction of sp³-hybridized carbons (Fsp3) is 0.917. The van der Waals surface area contributed by atoms with Gasteiger partial charge in [-0.15, -0.1) is 0 Å². The van der Waals surface area contributed by atoms with Gasteiger partial charge in [-0.2, -0.15) is 0 Å². The van der Waals surface area contributed by atoms with E-state index in [0.717, 1.165) is 25.3 Å². The third-order valence-corrected chi connectivity index (χ3v) is 3.19. The van der Waals surface area contributed by atoms with Crippen LogP contribution in [-0.4, -0.2) is 24.7 Å². The molecule has 1 aliphatic carbocycles. The van der Waals surface area contributed by atoms with Crippen molar-refractivity contribution < 1.29 is 9.53 Å². The van der Waals surface area contributed by atoms with Crippen LogP contribution in [0.1, 0.15) is 46.5 Å². The van der Waals surface area contributed by atoms with Gasteiger partial charge < -0.3 is 10.1 Å². The highest BCUT2D eigenvalue weighted by molar-refractivity contribution is 5.71. The van der Waals surface area contributed by atoms with Gasteiger partial charge >= 0.3 is 5.97 Å². The van der Waals surface area contributed by atoms with Gasteiger partial charge in [0.15, 0.2) is 0 Å². The van der Waals surface area contributed by atoms with E-state index in [1.54, 1.807) is 0 Å². The van der Waals surface area contributed by atoms with Gasteiger partial charge in [-0.25, -0.2) is 0 Å². The Morgan fingerprint density at radius 3 is 2.73 bits per heavy atom. The summed E-state index contributed by atoms with van der Waals surface area (Å²) in [5, 5.41) is 3.48. The highest BCUT2D eigenvalue weighted by Gasteiger charge is 2.38. The van der Waals surface area contributed by atoms with E-state index in [0.29, 0.717) is 13.0 Å². The van der Waals surface area contributed by atoms with Gasteiger partial charge in [0.1, 0.15) is 0 Å². The molecule has 0 aromatic heterocycles. The zero-order valence-corrected chi connectivity index (χ0v) is 10.1. The van der Waals surface area contributed by atoms with E-state index in [1.165, 1.54) is 6.42 Å². The molecule has 0 spiro atoms. The summed E-state index contributed by atoms with van der Waals surface area (Å²) in [5.41, 5.74) is 0.0143. The third-order valence-electron chi connectivity index (χ3n) is 3.19. The Morgan fingerprint density at radius 2 is 2.27 bits per heavy atom. The summed E-state index contributed by atoms with van der Waals surface area (Å²) in [6.07, 6.45) is 3.94. The summed E-state index contributed by atoms with van der Waals surface area (Å²) in [6.45, 7) is 7.61. The first kappa shape index (κ1) is 12.5. The number of hydrogen-bond donors (Lipinski definition) is 1. The fourth-order valence-corrected chi connectivity index (χ4v) is 2.64. The Bertz CT molecular complexity index is 214. The highest BCUT2D eigenvalue weighted by atomic mass is 16.5. The Balaban J connectivity index is 2.54. The van der Waals surface area contributed by atoms with Crippen LogP contribution in [0.25, 0.3) is 0 Å². The highest BCUT2D eigenvalue weighted by Crippen LogP contribution is 2.36. The zero-order valence-electron chi connectivity index (χ0n) is 10.1. The topological polar surface area (TPSA) is 38.3 Å². The van der Waals surface area contributed by atoms with Gasteiger partial charge in [0.25, 0.3) is 0 Å². The van der Waals surface area contributed by atoms with Crippen LogP contribution in [0.5, 0.6) is 0 Å². The van der Waals surface area contributed by atoms with E-state index in [4.69, 9.17) is 4.74 Å². The molecular formula is C12H23NO2. The maximum absolute atomic E-state index is 11.5. The van der Waals surface area contributed by atoms with Gasteiger partial charge in [0, 0.05) is 5.54 Å². The number of ether oxygens (including phenoxy) is 1. The van der Waals surface area contributed by atoms with E-state index in [1.807, 2.05) is 6.92 Å². The second-order valence-electron chi connectivity index (χ2n) is 4.64. The minimum Gasteiger partial charge on any atom is -0.466 e. The number of nitrogens with one attached hydrogen (secondary N) is 1. The lowest BCUT2D eigenvalue weighted by molar-refractivity contribution is -0.144. The summed E-state index contributed by atoms with van der Waals surface area (Å²) in [4.78, 5) is 11.5. The van der Waals surface area contributed by atoms with E-state index in [2.05, 4.69) is 19.2 Å². The standard InChI is InChI=1S/C12H23NO2/c1-4-13-12(7-6-10(3)8-12)9-11(14)15-5-2/h10,13H,4-9H2,1-3H3. The largest absolute Gasteiger partial charge is 0.466 e. The van der Waals surface area contributed by atoms with Crippen molar-refractivity contribution in [1.82, 2.24) is 5.32 Å². The minimum atomic E-state index is -0.0625. The zero-order chi connectivity index (χ0) is 11.3. The molecule has 88 valence electrons. The predicted octanol–water partition coefficient (Wildman–Crippen LogP) is 2.11. The van der Waals surface area contributed by atoms with E-state index < -0.39 is 0 Å². The molecule has 1 aliphatic rings. The molecule has 0 aromatic carbocycles. The Kier molecular flexibility index (Phi) is 4.58. The average molecular weight is 213 g/mol. The first-order valence-corrected chi connectivity index (χ1v) is 6.02. The summed E-state index contributed by atoms with van der Waals surface area (Å²) < 4.78 is 5.03. The van der Waals surface area contributed by atoms with Crippen LogP contribution in [0.3, 0.4) is 0 Å². The van der Waals surface area contributed by atoms with Crippen molar-refractivity contribution >= 4 is 5.97 Å². The van der Waals surface area contributed by atoms with Gasteiger partial charge in [-0.05, 0) is 38.6 Å². The van der Waals surface area contributed by atoms with Crippen molar-refractivity contribution in [2.24, 2.45) is 5.92 Å².